The lowest BCUT2D eigenvalue weighted by molar-refractivity contribution is 0.0937. The van der Waals surface area contributed by atoms with E-state index in [-0.39, 0.29) is 16.8 Å². The summed E-state index contributed by atoms with van der Waals surface area (Å²) in [4.78, 5) is 12.4. The van der Waals surface area contributed by atoms with Crippen LogP contribution in [0.5, 0.6) is 0 Å². The number of nitrogens with one attached hydrogen (secondary N) is 2. The molecule has 3 rings (SSSR count). The minimum absolute atomic E-state index is 0.0431. The summed E-state index contributed by atoms with van der Waals surface area (Å²) in [7, 11) is -3.78. The van der Waals surface area contributed by atoms with Crippen molar-refractivity contribution >= 4 is 33.2 Å². The lowest BCUT2D eigenvalue weighted by Gasteiger charge is -2.13. The second-order valence-electron chi connectivity index (χ2n) is 6.10. The fourth-order valence-corrected chi connectivity index (χ4v) is 4.11. The van der Waals surface area contributed by atoms with Crippen LogP contribution < -0.4 is 10.0 Å². The molecule has 0 aromatic heterocycles. The minimum Gasteiger partial charge on any atom is -0.349 e. The van der Waals surface area contributed by atoms with Gasteiger partial charge in [0.25, 0.3) is 15.9 Å². The van der Waals surface area contributed by atoms with E-state index in [2.05, 4.69) is 10.0 Å². The standard InChI is InChI=1S/C18H19ClN2O3S/c19-14-8-10-16(11-9-14)21-25(23,24)17-7-3-4-13(12-17)18(22)20-15-5-1-2-6-15/h3-4,7-12,15,21H,1-2,5-6H2,(H,20,22). The molecular formula is C18H19ClN2O3S. The number of carbonyl (C=O) groups excluding carboxylic acids is 1. The molecule has 1 fully saturated rings. The summed E-state index contributed by atoms with van der Waals surface area (Å²) in [6.07, 6.45) is 4.18. The normalized spacial score (nSPS) is 15.1. The van der Waals surface area contributed by atoms with Gasteiger partial charge in [-0.25, -0.2) is 8.42 Å². The molecule has 7 heteroatoms. The summed E-state index contributed by atoms with van der Waals surface area (Å²) >= 11 is 5.80. The van der Waals surface area contributed by atoms with Crippen molar-refractivity contribution in [3.05, 3.63) is 59.1 Å². The van der Waals surface area contributed by atoms with Crippen LogP contribution in [-0.2, 0) is 10.0 Å². The van der Waals surface area contributed by atoms with Crippen LogP contribution in [-0.4, -0.2) is 20.4 Å². The van der Waals surface area contributed by atoms with E-state index in [1.165, 1.54) is 12.1 Å². The molecule has 5 nitrogen and oxygen atoms in total. The zero-order chi connectivity index (χ0) is 17.9. The summed E-state index contributed by atoms with van der Waals surface area (Å²) in [5, 5.41) is 3.48. The van der Waals surface area contributed by atoms with Crippen LogP contribution >= 0.6 is 11.6 Å². The molecule has 25 heavy (non-hydrogen) atoms. The Balaban J connectivity index is 1.77. The van der Waals surface area contributed by atoms with Crippen molar-refractivity contribution < 1.29 is 13.2 Å². The van der Waals surface area contributed by atoms with E-state index < -0.39 is 10.0 Å². The third-order valence-electron chi connectivity index (χ3n) is 4.19. The minimum atomic E-state index is -3.78. The molecule has 1 aliphatic rings. The predicted molar refractivity (Wildman–Crippen MR) is 98.4 cm³/mol. The third-order valence-corrected chi connectivity index (χ3v) is 5.82. The molecule has 0 radical (unpaired) electrons. The Labute approximate surface area is 152 Å². The molecule has 2 aromatic carbocycles. The Morgan fingerprint density at radius 3 is 2.40 bits per heavy atom. The highest BCUT2D eigenvalue weighted by molar-refractivity contribution is 7.92. The first-order valence-corrected chi connectivity index (χ1v) is 9.99. The zero-order valence-corrected chi connectivity index (χ0v) is 15.1. The van der Waals surface area contributed by atoms with Gasteiger partial charge in [-0.3, -0.25) is 9.52 Å². The maximum absolute atomic E-state index is 12.5. The molecule has 2 aromatic rings. The molecule has 0 saturated heterocycles. The van der Waals surface area contributed by atoms with E-state index in [0.29, 0.717) is 16.3 Å². The molecule has 0 heterocycles. The molecule has 1 amide bonds. The molecule has 0 spiro atoms. The first-order valence-electron chi connectivity index (χ1n) is 8.13. The molecule has 0 bridgehead atoms. The van der Waals surface area contributed by atoms with E-state index in [1.807, 2.05) is 0 Å². The lowest BCUT2D eigenvalue weighted by atomic mass is 10.2. The third kappa shape index (κ3) is 4.52. The van der Waals surface area contributed by atoms with Gasteiger partial charge in [0.05, 0.1) is 4.90 Å². The van der Waals surface area contributed by atoms with E-state index in [9.17, 15) is 13.2 Å². The van der Waals surface area contributed by atoms with Gasteiger partial charge in [-0.15, -0.1) is 0 Å². The second kappa shape index (κ2) is 7.45. The topological polar surface area (TPSA) is 75.3 Å². The molecule has 1 saturated carbocycles. The highest BCUT2D eigenvalue weighted by Crippen LogP contribution is 2.21. The van der Waals surface area contributed by atoms with Crippen LogP contribution in [0.4, 0.5) is 5.69 Å². The van der Waals surface area contributed by atoms with Crippen molar-refractivity contribution in [2.24, 2.45) is 0 Å². The summed E-state index contributed by atoms with van der Waals surface area (Å²) in [6, 6.07) is 12.6. The number of rotatable bonds is 5. The van der Waals surface area contributed by atoms with Crippen LogP contribution in [0.2, 0.25) is 5.02 Å². The van der Waals surface area contributed by atoms with Gasteiger partial charge >= 0.3 is 0 Å². The fraction of sp³-hybridized carbons (Fsp3) is 0.278. The highest BCUT2D eigenvalue weighted by Gasteiger charge is 2.20. The maximum atomic E-state index is 12.5. The Kier molecular flexibility index (Phi) is 5.30. The van der Waals surface area contributed by atoms with Gasteiger partial charge < -0.3 is 5.32 Å². The Morgan fingerprint density at radius 1 is 1.04 bits per heavy atom. The first-order chi connectivity index (χ1) is 11.9. The van der Waals surface area contributed by atoms with E-state index in [1.54, 1.807) is 36.4 Å². The Bertz CT molecular complexity index is 860. The number of sulfonamides is 1. The fourth-order valence-electron chi connectivity index (χ4n) is 2.88. The maximum Gasteiger partial charge on any atom is 0.261 e. The van der Waals surface area contributed by atoms with Gasteiger partial charge in [-0.1, -0.05) is 30.5 Å². The SMILES string of the molecule is O=C(NC1CCCC1)c1cccc(S(=O)(=O)Nc2ccc(Cl)cc2)c1. The molecule has 0 atom stereocenters. The van der Waals surface area contributed by atoms with Gasteiger partial charge in [0.2, 0.25) is 0 Å². The average molecular weight is 379 g/mol. The summed E-state index contributed by atoms with van der Waals surface area (Å²) in [6.45, 7) is 0. The predicted octanol–water partition coefficient (Wildman–Crippen LogP) is 3.81. The number of benzene rings is 2. The van der Waals surface area contributed by atoms with Gasteiger partial charge in [0, 0.05) is 22.3 Å². The summed E-state index contributed by atoms with van der Waals surface area (Å²) in [5.74, 6) is -0.240. The molecular weight excluding hydrogens is 360 g/mol. The second-order valence-corrected chi connectivity index (χ2v) is 8.21. The quantitative estimate of drug-likeness (QED) is 0.830. The van der Waals surface area contributed by atoms with Crippen molar-refractivity contribution in [2.45, 2.75) is 36.6 Å². The number of hydrogen-bond donors (Lipinski definition) is 2. The van der Waals surface area contributed by atoms with Crippen LogP contribution in [0.15, 0.2) is 53.4 Å². The number of hydrogen-bond acceptors (Lipinski definition) is 3. The van der Waals surface area contributed by atoms with Crippen molar-refractivity contribution in [1.82, 2.24) is 5.32 Å². The van der Waals surface area contributed by atoms with Crippen LogP contribution in [0.1, 0.15) is 36.0 Å². The number of halogens is 1. The smallest absolute Gasteiger partial charge is 0.261 e. The van der Waals surface area contributed by atoms with E-state index in [4.69, 9.17) is 11.6 Å². The number of amides is 1. The van der Waals surface area contributed by atoms with Crippen LogP contribution in [0.3, 0.4) is 0 Å². The van der Waals surface area contributed by atoms with Crippen molar-refractivity contribution in [3.8, 4) is 0 Å². The molecule has 0 unspecified atom stereocenters. The molecule has 132 valence electrons. The van der Waals surface area contributed by atoms with E-state index >= 15 is 0 Å². The van der Waals surface area contributed by atoms with Gasteiger partial charge in [0.15, 0.2) is 0 Å². The Hall–Kier alpha value is -2.05. The van der Waals surface area contributed by atoms with Gasteiger partial charge in [-0.2, -0.15) is 0 Å². The molecule has 0 aliphatic heterocycles. The van der Waals surface area contributed by atoms with Crippen molar-refractivity contribution in [1.29, 1.82) is 0 Å². The van der Waals surface area contributed by atoms with Gasteiger partial charge in [0.1, 0.15) is 0 Å². The molecule has 2 N–H and O–H groups in total. The van der Waals surface area contributed by atoms with Crippen LogP contribution in [0, 0.1) is 0 Å². The monoisotopic (exact) mass is 378 g/mol. The molecule has 1 aliphatic carbocycles. The number of carbonyl (C=O) groups is 1. The number of anilines is 1. The van der Waals surface area contributed by atoms with Crippen LogP contribution in [0.25, 0.3) is 0 Å². The summed E-state index contributed by atoms with van der Waals surface area (Å²) in [5.41, 5.74) is 0.746. The zero-order valence-electron chi connectivity index (χ0n) is 13.5. The Morgan fingerprint density at radius 2 is 1.72 bits per heavy atom. The van der Waals surface area contributed by atoms with E-state index in [0.717, 1.165) is 25.7 Å². The summed E-state index contributed by atoms with van der Waals surface area (Å²) < 4.78 is 27.5. The average Bonchev–Trinajstić information content (AvgIpc) is 3.10. The van der Waals surface area contributed by atoms with Gasteiger partial charge in [-0.05, 0) is 55.3 Å². The van der Waals surface area contributed by atoms with Crippen molar-refractivity contribution in [3.63, 3.8) is 0 Å². The largest absolute Gasteiger partial charge is 0.349 e. The highest BCUT2D eigenvalue weighted by atomic mass is 35.5. The lowest BCUT2D eigenvalue weighted by Crippen LogP contribution is -2.32. The first kappa shape index (κ1) is 17.8. The van der Waals surface area contributed by atoms with Crippen molar-refractivity contribution in [2.75, 3.05) is 4.72 Å².